The molecule has 2 nitrogen and oxygen atoms in total. The van der Waals surface area contributed by atoms with E-state index in [2.05, 4.69) is 15.9 Å². The molecule has 0 heterocycles. The normalized spacial score (nSPS) is 9.77. The molecule has 0 spiro atoms. The molecule has 13 heavy (non-hydrogen) atoms. The number of hydrogen-bond acceptors (Lipinski definition) is 2. The molecule has 0 fully saturated rings. The molecule has 0 atom stereocenters. The minimum atomic E-state index is -0.261. The van der Waals surface area contributed by atoms with E-state index in [-0.39, 0.29) is 5.97 Å². The van der Waals surface area contributed by atoms with Gasteiger partial charge in [0.05, 0.1) is 4.47 Å². The van der Waals surface area contributed by atoms with E-state index in [4.69, 9.17) is 16.3 Å². The summed E-state index contributed by atoms with van der Waals surface area (Å²) in [5.74, 6) is 0.235. The van der Waals surface area contributed by atoms with Crippen LogP contribution in [0.1, 0.15) is 13.3 Å². The van der Waals surface area contributed by atoms with Crippen molar-refractivity contribution in [1.29, 1.82) is 0 Å². The Hall–Kier alpha value is -0.540. The monoisotopic (exact) mass is 262 g/mol. The molecule has 0 radical (unpaired) electrons. The fourth-order valence-corrected chi connectivity index (χ4v) is 1.52. The van der Waals surface area contributed by atoms with E-state index in [1.54, 1.807) is 25.1 Å². The van der Waals surface area contributed by atoms with Crippen LogP contribution in [0.5, 0.6) is 5.75 Å². The SMILES string of the molecule is CCC(=O)Oc1ccc(Cl)cc1Br. The Morgan fingerprint density at radius 1 is 1.62 bits per heavy atom. The minimum absolute atomic E-state index is 0.261. The second-order valence-electron chi connectivity index (χ2n) is 2.40. The van der Waals surface area contributed by atoms with Crippen LogP contribution in [-0.4, -0.2) is 5.97 Å². The van der Waals surface area contributed by atoms with Crippen molar-refractivity contribution in [2.45, 2.75) is 13.3 Å². The van der Waals surface area contributed by atoms with Crippen molar-refractivity contribution in [3.05, 3.63) is 27.7 Å². The van der Waals surface area contributed by atoms with Crippen molar-refractivity contribution >= 4 is 33.5 Å². The highest BCUT2D eigenvalue weighted by molar-refractivity contribution is 9.10. The number of esters is 1. The first-order chi connectivity index (χ1) is 6.13. The van der Waals surface area contributed by atoms with Crippen molar-refractivity contribution in [2.75, 3.05) is 0 Å². The predicted octanol–water partition coefficient (Wildman–Crippen LogP) is 3.42. The van der Waals surface area contributed by atoms with E-state index < -0.39 is 0 Å². The van der Waals surface area contributed by atoms with Crippen molar-refractivity contribution < 1.29 is 9.53 Å². The number of hydrogen-bond donors (Lipinski definition) is 0. The Morgan fingerprint density at radius 2 is 2.31 bits per heavy atom. The summed E-state index contributed by atoms with van der Waals surface area (Å²) in [4.78, 5) is 10.9. The minimum Gasteiger partial charge on any atom is -0.425 e. The molecule has 0 amide bonds. The molecule has 0 saturated carbocycles. The van der Waals surface area contributed by atoms with Gasteiger partial charge in [0.25, 0.3) is 0 Å². The predicted molar refractivity (Wildman–Crippen MR) is 55.1 cm³/mol. The van der Waals surface area contributed by atoms with Crippen LogP contribution < -0.4 is 4.74 Å². The summed E-state index contributed by atoms with van der Waals surface area (Å²) in [5, 5.41) is 0.600. The van der Waals surface area contributed by atoms with Crippen molar-refractivity contribution in [3.8, 4) is 5.75 Å². The van der Waals surface area contributed by atoms with Crippen LogP contribution in [0.3, 0.4) is 0 Å². The van der Waals surface area contributed by atoms with Crippen molar-refractivity contribution in [2.24, 2.45) is 0 Å². The third kappa shape index (κ3) is 3.01. The maximum atomic E-state index is 10.9. The standard InChI is InChI=1S/C9H8BrClO2/c1-2-9(12)13-8-4-3-6(11)5-7(8)10/h3-5H,2H2,1H3. The van der Waals surface area contributed by atoms with Gasteiger partial charge < -0.3 is 4.74 Å². The molecule has 70 valence electrons. The molecule has 1 aromatic carbocycles. The molecule has 0 aliphatic carbocycles. The lowest BCUT2D eigenvalue weighted by Gasteiger charge is -2.04. The third-order valence-electron chi connectivity index (χ3n) is 1.41. The molecular weight excluding hydrogens is 255 g/mol. The molecule has 1 aromatic rings. The van der Waals surface area contributed by atoms with Gasteiger partial charge >= 0.3 is 5.97 Å². The van der Waals surface area contributed by atoms with Crippen molar-refractivity contribution in [1.82, 2.24) is 0 Å². The second-order valence-corrected chi connectivity index (χ2v) is 3.69. The molecule has 0 aromatic heterocycles. The molecule has 1 rings (SSSR count). The molecular formula is C9H8BrClO2. The highest BCUT2D eigenvalue weighted by Crippen LogP contribution is 2.28. The van der Waals surface area contributed by atoms with E-state index in [0.29, 0.717) is 21.7 Å². The fourth-order valence-electron chi connectivity index (χ4n) is 0.753. The lowest BCUT2D eigenvalue weighted by molar-refractivity contribution is -0.134. The van der Waals surface area contributed by atoms with Gasteiger partial charge in [-0.05, 0) is 34.1 Å². The zero-order valence-corrected chi connectivity index (χ0v) is 9.35. The number of carbonyl (C=O) groups excluding carboxylic acids is 1. The van der Waals surface area contributed by atoms with E-state index in [1.165, 1.54) is 0 Å². The molecule has 0 bridgehead atoms. The number of benzene rings is 1. The molecule has 0 aliphatic rings. The Kier molecular flexibility index (Phi) is 3.75. The average molecular weight is 264 g/mol. The van der Waals surface area contributed by atoms with Gasteiger partial charge in [-0.15, -0.1) is 0 Å². The summed E-state index contributed by atoms with van der Waals surface area (Å²) in [6.45, 7) is 1.74. The van der Waals surface area contributed by atoms with Gasteiger partial charge in [0, 0.05) is 11.4 Å². The zero-order chi connectivity index (χ0) is 9.84. The summed E-state index contributed by atoms with van der Waals surface area (Å²) in [6, 6.07) is 5.00. The summed E-state index contributed by atoms with van der Waals surface area (Å²) in [5.41, 5.74) is 0. The number of rotatable bonds is 2. The highest BCUT2D eigenvalue weighted by Gasteiger charge is 2.05. The highest BCUT2D eigenvalue weighted by atomic mass is 79.9. The second kappa shape index (κ2) is 4.63. The van der Waals surface area contributed by atoms with Crippen molar-refractivity contribution in [3.63, 3.8) is 0 Å². The number of carbonyl (C=O) groups is 1. The summed E-state index contributed by atoms with van der Waals surface area (Å²) in [6.07, 6.45) is 0.356. The first-order valence-electron chi connectivity index (χ1n) is 3.79. The van der Waals surface area contributed by atoms with Crippen LogP contribution >= 0.6 is 27.5 Å². The summed E-state index contributed by atoms with van der Waals surface area (Å²) in [7, 11) is 0. The van der Waals surface area contributed by atoms with Gasteiger partial charge in [-0.1, -0.05) is 18.5 Å². The molecule has 0 saturated heterocycles. The topological polar surface area (TPSA) is 26.3 Å². The summed E-state index contributed by atoms with van der Waals surface area (Å²) < 4.78 is 5.69. The van der Waals surface area contributed by atoms with E-state index >= 15 is 0 Å². The van der Waals surface area contributed by atoms with Gasteiger partial charge in [0.1, 0.15) is 5.75 Å². The average Bonchev–Trinajstić information content (AvgIpc) is 2.09. The summed E-state index contributed by atoms with van der Waals surface area (Å²) >= 11 is 8.96. The van der Waals surface area contributed by atoms with Crippen LogP contribution in [0.4, 0.5) is 0 Å². The molecule has 0 unspecified atom stereocenters. The van der Waals surface area contributed by atoms with Gasteiger partial charge in [-0.25, -0.2) is 0 Å². The van der Waals surface area contributed by atoms with Crippen LogP contribution in [-0.2, 0) is 4.79 Å². The molecule has 0 aliphatic heterocycles. The van der Waals surface area contributed by atoms with E-state index in [1.807, 2.05) is 0 Å². The first kappa shape index (κ1) is 10.5. The van der Waals surface area contributed by atoms with Crippen LogP contribution in [0, 0.1) is 0 Å². The molecule has 4 heteroatoms. The number of halogens is 2. The van der Waals surface area contributed by atoms with Gasteiger partial charge in [-0.2, -0.15) is 0 Å². The maximum absolute atomic E-state index is 10.9. The maximum Gasteiger partial charge on any atom is 0.310 e. The Morgan fingerprint density at radius 3 is 2.85 bits per heavy atom. The van der Waals surface area contributed by atoms with Gasteiger partial charge in [0.15, 0.2) is 0 Å². The van der Waals surface area contributed by atoms with E-state index in [0.717, 1.165) is 0 Å². The Labute approximate surface area is 90.0 Å². The smallest absolute Gasteiger partial charge is 0.310 e. The van der Waals surface area contributed by atoms with Crippen LogP contribution in [0.2, 0.25) is 5.02 Å². The zero-order valence-electron chi connectivity index (χ0n) is 7.01. The lowest BCUT2D eigenvalue weighted by atomic mass is 10.3. The van der Waals surface area contributed by atoms with Crippen LogP contribution in [0.25, 0.3) is 0 Å². The Balaban J connectivity index is 2.83. The first-order valence-corrected chi connectivity index (χ1v) is 4.96. The quantitative estimate of drug-likeness (QED) is 0.604. The molecule has 0 N–H and O–H groups in total. The fraction of sp³-hybridized carbons (Fsp3) is 0.222. The van der Waals surface area contributed by atoms with E-state index in [9.17, 15) is 4.79 Å². The third-order valence-corrected chi connectivity index (χ3v) is 2.26. The van der Waals surface area contributed by atoms with Gasteiger partial charge in [-0.3, -0.25) is 4.79 Å². The van der Waals surface area contributed by atoms with Crippen LogP contribution in [0.15, 0.2) is 22.7 Å². The Bertz CT molecular complexity index is 325. The largest absolute Gasteiger partial charge is 0.425 e. The number of ether oxygens (including phenoxy) is 1. The van der Waals surface area contributed by atoms with Gasteiger partial charge in [0.2, 0.25) is 0 Å². The lowest BCUT2D eigenvalue weighted by Crippen LogP contribution is -2.05.